The third kappa shape index (κ3) is 7.03. The fourth-order valence-electron chi connectivity index (χ4n) is 2.62. The molecule has 8 heteroatoms. The Bertz CT molecular complexity index is 789. The summed E-state index contributed by atoms with van der Waals surface area (Å²) < 4.78 is 17.0. The second kappa shape index (κ2) is 12.0. The molecule has 0 saturated carbocycles. The molecule has 0 aliphatic carbocycles. The smallest absolute Gasteiger partial charge is 0.195 e. The van der Waals surface area contributed by atoms with E-state index in [1.54, 1.807) is 7.05 Å². The molecule has 1 heterocycles. The van der Waals surface area contributed by atoms with E-state index >= 15 is 0 Å². The topological polar surface area (TPSA) is 64.1 Å². The van der Waals surface area contributed by atoms with Gasteiger partial charge in [-0.2, -0.15) is 0 Å². The summed E-state index contributed by atoms with van der Waals surface area (Å²) in [5, 5.41) is 7.19. The number of hydrogen-bond acceptors (Lipinski definition) is 4. The summed E-state index contributed by atoms with van der Waals surface area (Å²) in [4.78, 5) is 4.23. The minimum Gasteiger partial charge on any atom is -0.490 e. The summed E-state index contributed by atoms with van der Waals surface area (Å²) in [5.41, 5.74) is 1.93. The van der Waals surface area contributed by atoms with Gasteiger partial charge in [0.25, 0.3) is 0 Å². The maximum atomic E-state index is 5.97. The van der Waals surface area contributed by atoms with Crippen LogP contribution in [0.4, 0.5) is 5.69 Å². The van der Waals surface area contributed by atoms with Crippen LogP contribution in [0.5, 0.6) is 11.5 Å². The minimum atomic E-state index is 0. The molecule has 1 aliphatic heterocycles. The third-order valence-electron chi connectivity index (χ3n) is 3.93. The summed E-state index contributed by atoms with van der Waals surface area (Å²) in [5.74, 6) is 2.18. The van der Waals surface area contributed by atoms with Crippen LogP contribution >= 0.6 is 35.6 Å². The van der Waals surface area contributed by atoms with Crippen LogP contribution in [-0.2, 0) is 11.3 Å². The molecular formula is C20H25ClIN3O3. The summed E-state index contributed by atoms with van der Waals surface area (Å²) in [6.07, 6.45) is 0.885. The highest BCUT2D eigenvalue weighted by molar-refractivity contribution is 14.0. The highest BCUT2D eigenvalue weighted by atomic mass is 127. The van der Waals surface area contributed by atoms with Crippen LogP contribution in [-0.4, -0.2) is 39.4 Å². The van der Waals surface area contributed by atoms with Gasteiger partial charge in [0.2, 0.25) is 0 Å². The van der Waals surface area contributed by atoms with Crippen molar-refractivity contribution in [3.8, 4) is 11.5 Å². The lowest BCUT2D eigenvalue weighted by molar-refractivity contribution is 0.125. The monoisotopic (exact) mass is 517 g/mol. The Kier molecular flexibility index (Phi) is 9.66. The van der Waals surface area contributed by atoms with E-state index in [1.165, 1.54) is 0 Å². The molecule has 2 aromatic carbocycles. The Morgan fingerprint density at radius 2 is 1.96 bits per heavy atom. The Balaban J connectivity index is 0.00000280. The molecule has 0 unspecified atom stereocenters. The van der Waals surface area contributed by atoms with Crippen molar-refractivity contribution in [2.45, 2.75) is 13.0 Å². The van der Waals surface area contributed by atoms with E-state index in [4.69, 9.17) is 25.8 Å². The summed E-state index contributed by atoms with van der Waals surface area (Å²) in [6.45, 7) is 3.04. The standard InChI is InChI=1S/C20H24ClN3O3.HI/c1-22-20(23-8-11-25-14-15-4-2-5-16(21)12-15)24-17-6-7-18-19(13-17)27-10-3-9-26-18;/h2,4-7,12-13H,3,8-11,14H2,1H3,(H2,22,23,24);1H. The van der Waals surface area contributed by atoms with E-state index in [9.17, 15) is 0 Å². The van der Waals surface area contributed by atoms with Crippen molar-refractivity contribution in [3.63, 3.8) is 0 Å². The Labute approximate surface area is 187 Å². The number of nitrogens with zero attached hydrogens (tertiary/aromatic N) is 1. The van der Waals surface area contributed by atoms with Crippen molar-refractivity contribution in [3.05, 3.63) is 53.1 Å². The number of benzene rings is 2. The molecule has 28 heavy (non-hydrogen) atoms. The Morgan fingerprint density at radius 3 is 2.75 bits per heavy atom. The molecule has 0 amide bonds. The van der Waals surface area contributed by atoms with Crippen molar-refractivity contribution in [1.82, 2.24) is 5.32 Å². The maximum absolute atomic E-state index is 5.97. The molecule has 0 saturated heterocycles. The molecule has 2 N–H and O–H groups in total. The van der Waals surface area contributed by atoms with Gasteiger partial charge in [-0.3, -0.25) is 4.99 Å². The lowest BCUT2D eigenvalue weighted by Crippen LogP contribution is -2.33. The first-order valence-corrected chi connectivity index (χ1v) is 9.32. The second-order valence-electron chi connectivity index (χ2n) is 6.02. The molecule has 6 nitrogen and oxygen atoms in total. The van der Waals surface area contributed by atoms with Crippen LogP contribution in [0.3, 0.4) is 0 Å². The van der Waals surface area contributed by atoms with Gasteiger partial charge in [0.05, 0.1) is 26.4 Å². The van der Waals surface area contributed by atoms with Gasteiger partial charge in [0, 0.05) is 36.8 Å². The van der Waals surface area contributed by atoms with Crippen molar-refractivity contribution >= 4 is 47.2 Å². The highest BCUT2D eigenvalue weighted by Gasteiger charge is 2.11. The lowest BCUT2D eigenvalue weighted by Gasteiger charge is -2.14. The molecule has 0 fully saturated rings. The number of halogens is 2. The van der Waals surface area contributed by atoms with Gasteiger partial charge >= 0.3 is 0 Å². The van der Waals surface area contributed by atoms with Gasteiger partial charge in [-0.1, -0.05) is 23.7 Å². The average molecular weight is 518 g/mol. The molecular weight excluding hydrogens is 493 g/mol. The number of guanidine groups is 1. The van der Waals surface area contributed by atoms with E-state index in [1.807, 2.05) is 42.5 Å². The number of fused-ring (bicyclic) bond motifs is 1. The zero-order valence-electron chi connectivity index (χ0n) is 15.7. The predicted molar refractivity (Wildman–Crippen MR) is 124 cm³/mol. The van der Waals surface area contributed by atoms with Gasteiger partial charge in [-0.05, 0) is 29.8 Å². The average Bonchev–Trinajstić information content (AvgIpc) is 2.92. The second-order valence-corrected chi connectivity index (χ2v) is 6.45. The maximum Gasteiger partial charge on any atom is 0.195 e. The Hall–Kier alpha value is -1.71. The fourth-order valence-corrected chi connectivity index (χ4v) is 2.83. The normalized spacial score (nSPS) is 13.3. The molecule has 152 valence electrons. The summed E-state index contributed by atoms with van der Waals surface area (Å²) >= 11 is 5.97. The van der Waals surface area contributed by atoms with Crippen molar-refractivity contribution in [1.29, 1.82) is 0 Å². The first-order chi connectivity index (χ1) is 13.2. The molecule has 0 spiro atoms. The predicted octanol–water partition coefficient (Wildman–Crippen LogP) is 4.32. The number of nitrogens with one attached hydrogen (secondary N) is 2. The molecule has 1 aliphatic rings. The lowest BCUT2D eigenvalue weighted by atomic mass is 10.2. The Morgan fingerprint density at radius 1 is 1.14 bits per heavy atom. The van der Waals surface area contributed by atoms with E-state index in [2.05, 4.69) is 15.6 Å². The van der Waals surface area contributed by atoms with Crippen molar-refractivity contribution in [2.24, 2.45) is 4.99 Å². The van der Waals surface area contributed by atoms with E-state index in [-0.39, 0.29) is 24.0 Å². The van der Waals surface area contributed by atoms with Gasteiger partial charge in [-0.15, -0.1) is 24.0 Å². The van der Waals surface area contributed by atoms with Crippen LogP contribution in [0.25, 0.3) is 0 Å². The largest absolute Gasteiger partial charge is 0.490 e. The van der Waals surface area contributed by atoms with Crippen molar-refractivity contribution in [2.75, 3.05) is 38.7 Å². The van der Waals surface area contributed by atoms with Gasteiger partial charge in [-0.25, -0.2) is 0 Å². The van der Waals surface area contributed by atoms with Crippen LogP contribution in [0, 0.1) is 0 Å². The highest BCUT2D eigenvalue weighted by Crippen LogP contribution is 2.32. The number of rotatable bonds is 6. The number of anilines is 1. The van der Waals surface area contributed by atoms with Crippen LogP contribution in [0.2, 0.25) is 5.02 Å². The quantitative estimate of drug-likeness (QED) is 0.259. The molecule has 2 aromatic rings. The molecule has 0 atom stereocenters. The number of ether oxygens (including phenoxy) is 3. The number of aliphatic imine (C=N–C) groups is 1. The van der Waals surface area contributed by atoms with Crippen molar-refractivity contribution < 1.29 is 14.2 Å². The SMILES string of the molecule is CN=C(NCCOCc1cccc(Cl)c1)Nc1ccc2c(c1)OCCCO2.I. The zero-order valence-corrected chi connectivity index (χ0v) is 18.8. The fraction of sp³-hybridized carbons (Fsp3) is 0.350. The third-order valence-corrected chi connectivity index (χ3v) is 4.17. The van der Waals surface area contributed by atoms with E-state index in [0.29, 0.717) is 44.0 Å². The van der Waals surface area contributed by atoms with Gasteiger partial charge in [0.15, 0.2) is 17.5 Å². The van der Waals surface area contributed by atoms with Crippen LogP contribution in [0.15, 0.2) is 47.5 Å². The first-order valence-electron chi connectivity index (χ1n) is 8.94. The first kappa shape index (κ1) is 22.6. The van der Waals surface area contributed by atoms with Crippen LogP contribution < -0.4 is 20.1 Å². The van der Waals surface area contributed by atoms with Gasteiger partial charge in [0.1, 0.15) is 0 Å². The van der Waals surface area contributed by atoms with E-state index in [0.717, 1.165) is 29.2 Å². The molecule has 0 aromatic heterocycles. The van der Waals surface area contributed by atoms with Crippen LogP contribution in [0.1, 0.15) is 12.0 Å². The molecule has 3 rings (SSSR count). The number of hydrogen-bond donors (Lipinski definition) is 2. The molecule has 0 radical (unpaired) electrons. The summed E-state index contributed by atoms with van der Waals surface area (Å²) in [6, 6.07) is 13.4. The zero-order chi connectivity index (χ0) is 18.9. The minimum absolute atomic E-state index is 0. The molecule has 0 bridgehead atoms. The van der Waals surface area contributed by atoms with E-state index < -0.39 is 0 Å². The summed E-state index contributed by atoms with van der Waals surface area (Å²) in [7, 11) is 1.73. The van der Waals surface area contributed by atoms with Gasteiger partial charge < -0.3 is 24.8 Å².